The van der Waals surface area contributed by atoms with Crippen LogP contribution < -0.4 is 0 Å². The SMILES string of the molecule is O=C(O)C(O)(CF)C(F)(F)F. The van der Waals surface area contributed by atoms with Gasteiger partial charge in [-0.05, 0) is 0 Å². The third kappa shape index (κ3) is 1.59. The minimum atomic E-state index is -5.49. The fraction of sp³-hybridized carbons (Fsp3) is 0.750. The molecule has 0 saturated carbocycles. The van der Waals surface area contributed by atoms with E-state index in [2.05, 4.69) is 0 Å². The zero-order valence-electron chi connectivity index (χ0n) is 5.02. The van der Waals surface area contributed by atoms with Gasteiger partial charge in [-0.1, -0.05) is 0 Å². The van der Waals surface area contributed by atoms with E-state index in [1.165, 1.54) is 0 Å². The Morgan fingerprint density at radius 3 is 1.73 bits per heavy atom. The molecule has 0 aliphatic carbocycles. The van der Waals surface area contributed by atoms with Gasteiger partial charge in [-0.15, -0.1) is 0 Å². The summed E-state index contributed by atoms with van der Waals surface area (Å²) >= 11 is 0. The van der Waals surface area contributed by atoms with Gasteiger partial charge in [-0.2, -0.15) is 13.2 Å². The zero-order valence-corrected chi connectivity index (χ0v) is 5.02. The lowest BCUT2D eigenvalue weighted by molar-refractivity contribution is -0.263. The van der Waals surface area contributed by atoms with Crippen LogP contribution in [0.5, 0.6) is 0 Å². The second-order valence-electron chi connectivity index (χ2n) is 1.80. The van der Waals surface area contributed by atoms with E-state index in [1.54, 1.807) is 0 Å². The fourth-order valence-corrected chi connectivity index (χ4v) is 0.254. The molecule has 0 radical (unpaired) electrons. The second-order valence-corrected chi connectivity index (χ2v) is 1.80. The first kappa shape index (κ1) is 10.2. The highest BCUT2D eigenvalue weighted by atomic mass is 19.4. The molecule has 0 heterocycles. The van der Waals surface area contributed by atoms with Crippen molar-refractivity contribution in [2.24, 2.45) is 0 Å². The molecule has 0 aromatic carbocycles. The van der Waals surface area contributed by atoms with E-state index in [-0.39, 0.29) is 0 Å². The molecule has 1 unspecified atom stereocenters. The monoisotopic (exact) mass is 176 g/mol. The molecular weight excluding hydrogens is 172 g/mol. The summed E-state index contributed by atoms with van der Waals surface area (Å²) in [6, 6.07) is 0. The predicted molar refractivity (Wildman–Crippen MR) is 24.6 cm³/mol. The van der Waals surface area contributed by atoms with Crippen LogP contribution in [0.25, 0.3) is 0 Å². The van der Waals surface area contributed by atoms with E-state index in [9.17, 15) is 22.4 Å². The highest BCUT2D eigenvalue weighted by molar-refractivity contribution is 5.78. The van der Waals surface area contributed by atoms with Gasteiger partial charge in [0, 0.05) is 0 Å². The third-order valence-electron chi connectivity index (χ3n) is 1.02. The van der Waals surface area contributed by atoms with Crippen LogP contribution in [-0.2, 0) is 4.79 Å². The Bertz CT molecular complexity index is 165. The molecule has 1 atom stereocenters. The smallest absolute Gasteiger partial charge is 0.430 e. The lowest BCUT2D eigenvalue weighted by Crippen LogP contribution is -2.53. The minimum Gasteiger partial charge on any atom is -0.479 e. The van der Waals surface area contributed by atoms with Crippen LogP contribution in [0.15, 0.2) is 0 Å². The van der Waals surface area contributed by atoms with E-state index in [1.807, 2.05) is 0 Å². The van der Waals surface area contributed by atoms with Crippen LogP contribution in [0.2, 0.25) is 0 Å². The number of hydrogen-bond acceptors (Lipinski definition) is 2. The van der Waals surface area contributed by atoms with Crippen LogP contribution in [0.1, 0.15) is 0 Å². The number of halogens is 4. The quantitative estimate of drug-likeness (QED) is 0.596. The molecule has 7 heteroatoms. The van der Waals surface area contributed by atoms with Gasteiger partial charge in [0.2, 0.25) is 0 Å². The molecule has 0 fully saturated rings. The maximum atomic E-state index is 11.5. The Hall–Kier alpha value is -0.850. The standard InChI is InChI=1S/C4H4F4O3/c5-1-3(11,2(9)10)4(6,7)8/h11H,1H2,(H,9,10). The van der Waals surface area contributed by atoms with Crippen molar-refractivity contribution in [3.05, 3.63) is 0 Å². The molecular formula is C4H4F4O3. The van der Waals surface area contributed by atoms with Crippen molar-refractivity contribution in [1.29, 1.82) is 0 Å². The van der Waals surface area contributed by atoms with Gasteiger partial charge in [0.25, 0.3) is 5.60 Å². The molecule has 0 aromatic rings. The van der Waals surface area contributed by atoms with E-state index >= 15 is 0 Å². The Balaban J connectivity index is 4.75. The molecule has 0 rings (SSSR count). The Morgan fingerprint density at radius 1 is 1.36 bits per heavy atom. The van der Waals surface area contributed by atoms with E-state index < -0.39 is 24.4 Å². The summed E-state index contributed by atoms with van der Waals surface area (Å²) in [7, 11) is 0. The Labute approximate surface area is 58.2 Å². The van der Waals surface area contributed by atoms with Gasteiger partial charge in [-0.3, -0.25) is 0 Å². The van der Waals surface area contributed by atoms with Gasteiger partial charge < -0.3 is 10.2 Å². The molecule has 2 N–H and O–H groups in total. The van der Waals surface area contributed by atoms with Crippen LogP contribution in [0.3, 0.4) is 0 Å². The molecule has 0 aliphatic heterocycles. The Morgan fingerprint density at radius 2 is 1.73 bits per heavy atom. The fourth-order valence-electron chi connectivity index (χ4n) is 0.254. The summed E-state index contributed by atoms with van der Waals surface area (Å²) in [6.07, 6.45) is -5.49. The number of carboxylic acid groups (broad SMARTS) is 1. The average molecular weight is 176 g/mol. The van der Waals surface area contributed by atoms with Gasteiger partial charge in [0.1, 0.15) is 6.67 Å². The number of carbonyl (C=O) groups is 1. The Kier molecular flexibility index (Phi) is 2.44. The van der Waals surface area contributed by atoms with Crippen molar-refractivity contribution in [2.75, 3.05) is 6.67 Å². The van der Waals surface area contributed by atoms with Crippen molar-refractivity contribution in [2.45, 2.75) is 11.8 Å². The predicted octanol–water partition coefficient (Wildman–Crippen LogP) is 0.334. The van der Waals surface area contributed by atoms with Crippen molar-refractivity contribution < 1.29 is 32.6 Å². The van der Waals surface area contributed by atoms with Gasteiger partial charge in [-0.25, -0.2) is 9.18 Å². The van der Waals surface area contributed by atoms with Gasteiger partial charge in [0.15, 0.2) is 0 Å². The summed E-state index contributed by atoms with van der Waals surface area (Å²) in [5.74, 6) is -2.65. The van der Waals surface area contributed by atoms with Crippen LogP contribution >= 0.6 is 0 Å². The number of aliphatic hydroxyl groups is 1. The normalized spacial score (nSPS) is 17.5. The summed E-state index contributed by atoms with van der Waals surface area (Å²) < 4.78 is 45.9. The molecule has 0 aliphatic rings. The van der Waals surface area contributed by atoms with E-state index in [4.69, 9.17) is 10.2 Å². The number of hydrogen-bond donors (Lipinski definition) is 2. The van der Waals surface area contributed by atoms with Crippen molar-refractivity contribution in [3.8, 4) is 0 Å². The maximum absolute atomic E-state index is 11.5. The molecule has 0 bridgehead atoms. The first-order chi connectivity index (χ1) is 4.75. The first-order valence-corrected chi connectivity index (χ1v) is 2.34. The average Bonchev–Trinajstić information content (AvgIpc) is 1.83. The summed E-state index contributed by atoms with van der Waals surface area (Å²) in [5, 5.41) is 15.9. The zero-order chi connectivity index (χ0) is 9.28. The number of carboxylic acids is 1. The highest BCUT2D eigenvalue weighted by Gasteiger charge is 2.60. The van der Waals surface area contributed by atoms with Crippen molar-refractivity contribution >= 4 is 5.97 Å². The summed E-state index contributed by atoms with van der Waals surface area (Å²) in [4.78, 5) is 9.69. The van der Waals surface area contributed by atoms with Gasteiger partial charge >= 0.3 is 12.1 Å². The lowest BCUT2D eigenvalue weighted by atomic mass is 10.1. The van der Waals surface area contributed by atoms with E-state index in [0.717, 1.165) is 0 Å². The molecule has 66 valence electrons. The first-order valence-electron chi connectivity index (χ1n) is 2.34. The number of aliphatic carboxylic acids is 1. The van der Waals surface area contributed by atoms with E-state index in [0.29, 0.717) is 0 Å². The number of rotatable bonds is 2. The third-order valence-corrected chi connectivity index (χ3v) is 1.02. The largest absolute Gasteiger partial charge is 0.479 e. The molecule has 0 amide bonds. The van der Waals surface area contributed by atoms with Crippen molar-refractivity contribution in [1.82, 2.24) is 0 Å². The molecule has 0 saturated heterocycles. The molecule has 0 aromatic heterocycles. The topological polar surface area (TPSA) is 57.5 Å². The minimum absolute atomic E-state index is 2.40. The molecule has 11 heavy (non-hydrogen) atoms. The van der Waals surface area contributed by atoms with Crippen LogP contribution in [0.4, 0.5) is 17.6 Å². The maximum Gasteiger partial charge on any atom is 0.430 e. The van der Waals surface area contributed by atoms with Crippen molar-refractivity contribution in [3.63, 3.8) is 0 Å². The van der Waals surface area contributed by atoms with Gasteiger partial charge in [0.05, 0.1) is 0 Å². The highest BCUT2D eigenvalue weighted by Crippen LogP contribution is 2.30. The second kappa shape index (κ2) is 2.65. The molecule has 0 spiro atoms. The number of alkyl halides is 4. The molecule has 3 nitrogen and oxygen atoms in total. The van der Waals surface area contributed by atoms with Crippen LogP contribution in [0, 0.1) is 0 Å². The summed E-state index contributed by atoms with van der Waals surface area (Å²) in [5.41, 5.74) is -4.27. The summed E-state index contributed by atoms with van der Waals surface area (Å²) in [6.45, 7) is -2.40. The van der Waals surface area contributed by atoms with Crippen LogP contribution in [-0.4, -0.2) is 34.6 Å². The lowest BCUT2D eigenvalue weighted by Gasteiger charge is -2.22.